The molecule has 0 N–H and O–H groups in total. The minimum Gasteiger partial charge on any atom is -0.459 e. The smallest absolute Gasteiger partial charge is 0.289 e. The number of carbonyl (C=O) groups is 2. The number of hydrogen-bond acceptors (Lipinski definition) is 6. The van der Waals surface area contributed by atoms with E-state index >= 15 is 0 Å². The SMILES string of the molecule is CN1CCN(C(=O)c2ccc(N3CCN(C(=O)c4ccco4)CC3)cn2)CC1. The van der Waals surface area contributed by atoms with Crippen LogP contribution in [0.3, 0.4) is 0 Å². The average molecular weight is 383 g/mol. The lowest BCUT2D eigenvalue weighted by Gasteiger charge is -2.35. The van der Waals surface area contributed by atoms with Gasteiger partial charge < -0.3 is 24.0 Å². The van der Waals surface area contributed by atoms with Gasteiger partial charge in [-0.05, 0) is 31.3 Å². The van der Waals surface area contributed by atoms with Crippen LogP contribution in [0.5, 0.6) is 0 Å². The summed E-state index contributed by atoms with van der Waals surface area (Å²) in [5, 5.41) is 0. The Hall–Kier alpha value is -2.87. The summed E-state index contributed by atoms with van der Waals surface area (Å²) >= 11 is 0. The van der Waals surface area contributed by atoms with Gasteiger partial charge in [-0.1, -0.05) is 0 Å². The Balaban J connectivity index is 1.33. The number of amides is 2. The number of piperazine rings is 2. The van der Waals surface area contributed by atoms with Crippen molar-refractivity contribution in [1.29, 1.82) is 0 Å². The fourth-order valence-electron chi connectivity index (χ4n) is 3.59. The van der Waals surface area contributed by atoms with Gasteiger partial charge in [-0.3, -0.25) is 9.59 Å². The van der Waals surface area contributed by atoms with E-state index in [0.29, 0.717) is 24.5 Å². The van der Waals surface area contributed by atoms with Crippen LogP contribution in [-0.2, 0) is 0 Å². The highest BCUT2D eigenvalue weighted by atomic mass is 16.3. The molecule has 0 aromatic carbocycles. The number of nitrogens with zero attached hydrogens (tertiary/aromatic N) is 5. The zero-order valence-electron chi connectivity index (χ0n) is 16.1. The van der Waals surface area contributed by atoms with Gasteiger partial charge in [-0.2, -0.15) is 0 Å². The molecule has 2 aliphatic rings. The summed E-state index contributed by atoms with van der Waals surface area (Å²) < 4.78 is 5.20. The monoisotopic (exact) mass is 383 g/mol. The van der Waals surface area contributed by atoms with Crippen molar-refractivity contribution in [3.63, 3.8) is 0 Å². The van der Waals surface area contributed by atoms with Crippen LogP contribution in [0.4, 0.5) is 5.69 Å². The summed E-state index contributed by atoms with van der Waals surface area (Å²) in [5.41, 5.74) is 1.46. The first-order chi connectivity index (χ1) is 13.6. The van der Waals surface area contributed by atoms with Crippen molar-refractivity contribution < 1.29 is 14.0 Å². The van der Waals surface area contributed by atoms with Gasteiger partial charge in [0.05, 0.1) is 18.1 Å². The van der Waals surface area contributed by atoms with E-state index in [0.717, 1.165) is 45.0 Å². The highest BCUT2D eigenvalue weighted by molar-refractivity contribution is 5.93. The van der Waals surface area contributed by atoms with Crippen LogP contribution in [-0.4, -0.2) is 90.9 Å². The van der Waals surface area contributed by atoms with E-state index in [2.05, 4.69) is 21.8 Å². The lowest BCUT2D eigenvalue weighted by molar-refractivity contribution is 0.0657. The Labute approximate surface area is 164 Å². The molecule has 0 radical (unpaired) electrons. The lowest BCUT2D eigenvalue weighted by atomic mass is 10.2. The summed E-state index contributed by atoms with van der Waals surface area (Å²) in [6.45, 7) is 5.97. The van der Waals surface area contributed by atoms with Crippen molar-refractivity contribution >= 4 is 17.5 Å². The third kappa shape index (κ3) is 3.87. The molecule has 28 heavy (non-hydrogen) atoms. The quantitative estimate of drug-likeness (QED) is 0.788. The van der Waals surface area contributed by atoms with E-state index < -0.39 is 0 Å². The first kappa shape index (κ1) is 18.5. The van der Waals surface area contributed by atoms with Crippen LogP contribution in [0, 0.1) is 0 Å². The second-order valence-corrected chi connectivity index (χ2v) is 7.25. The van der Waals surface area contributed by atoms with E-state index in [1.54, 1.807) is 29.3 Å². The van der Waals surface area contributed by atoms with Gasteiger partial charge in [0.15, 0.2) is 5.76 Å². The predicted molar refractivity (Wildman–Crippen MR) is 104 cm³/mol. The Morgan fingerprint density at radius 1 is 0.893 bits per heavy atom. The molecule has 2 saturated heterocycles. The van der Waals surface area contributed by atoms with Gasteiger partial charge in [-0.15, -0.1) is 0 Å². The third-order valence-corrected chi connectivity index (χ3v) is 5.42. The number of hydrogen-bond donors (Lipinski definition) is 0. The van der Waals surface area contributed by atoms with E-state index in [9.17, 15) is 9.59 Å². The molecule has 4 rings (SSSR count). The summed E-state index contributed by atoms with van der Waals surface area (Å²) in [5.74, 6) is 0.297. The zero-order chi connectivity index (χ0) is 19.5. The van der Waals surface area contributed by atoms with Crippen LogP contribution in [0.2, 0.25) is 0 Å². The van der Waals surface area contributed by atoms with Gasteiger partial charge in [0.2, 0.25) is 0 Å². The van der Waals surface area contributed by atoms with E-state index in [-0.39, 0.29) is 11.8 Å². The number of aromatic nitrogens is 1. The van der Waals surface area contributed by atoms with Gasteiger partial charge >= 0.3 is 0 Å². The molecule has 0 saturated carbocycles. The van der Waals surface area contributed by atoms with Gasteiger partial charge in [-0.25, -0.2) is 4.98 Å². The Morgan fingerprint density at radius 2 is 1.57 bits per heavy atom. The molecule has 0 bridgehead atoms. The van der Waals surface area contributed by atoms with E-state index in [4.69, 9.17) is 4.42 Å². The Morgan fingerprint density at radius 3 is 2.18 bits per heavy atom. The van der Waals surface area contributed by atoms with Crippen LogP contribution in [0.1, 0.15) is 21.0 Å². The Bertz CT molecular complexity index is 805. The molecule has 2 amide bonds. The van der Waals surface area contributed by atoms with Gasteiger partial charge in [0.25, 0.3) is 11.8 Å². The van der Waals surface area contributed by atoms with Crippen LogP contribution < -0.4 is 4.90 Å². The molecule has 2 aliphatic heterocycles. The minimum atomic E-state index is -0.0732. The van der Waals surface area contributed by atoms with Crippen molar-refractivity contribution in [1.82, 2.24) is 19.7 Å². The molecule has 4 heterocycles. The molecule has 2 aromatic heterocycles. The molecule has 8 nitrogen and oxygen atoms in total. The molecule has 0 aliphatic carbocycles. The first-order valence-corrected chi connectivity index (χ1v) is 9.63. The van der Waals surface area contributed by atoms with Crippen molar-refractivity contribution in [2.45, 2.75) is 0 Å². The third-order valence-electron chi connectivity index (χ3n) is 5.42. The molecule has 2 fully saturated rings. The van der Waals surface area contributed by atoms with E-state index in [1.807, 2.05) is 11.0 Å². The zero-order valence-corrected chi connectivity index (χ0v) is 16.1. The number of carbonyl (C=O) groups excluding carboxylic acids is 2. The van der Waals surface area contributed by atoms with Crippen molar-refractivity contribution in [3.05, 3.63) is 48.2 Å². The maximum absolute atomic E-state index is 12.6. The summed E-state index contributed by atoms with van der Waals surface area (Å²) in [6.07, 6.45) is 3.27. The van der Waals surface area contributed by atoms with Gasteiger partial charge in [0, 0.05) is 52.4 Å². The van der Waals surface area contributed by atoms with Crippen LogP contribution >= 0.6 is 0 Å². The second-order valence-electron chi connectivity index (χ2n) is 7.25. The van der Waals surface area contributed by atoms with Crippen molar-refractivity contribution in [3.8, 4) is 0 Å². The second kappa shape index (κ2) is 8.02. The van der Waals surface area contributed by atoms with Crippen LogP contribution in [0.25, 0.3) is 0 Å². The fourth-order valence-corrected chi connectivity index (χ4v) is 3.59. The topological polar surface area (TPSA) is 73.1 Å². The largest absolute Gasteiger partial charge is 0.459 e. The molecular formula is C20H25N5O3. The standard InChI is InChI=1S/C20H25N5O3/c1-22-6-8-24(9-7-22)19(26)17-5-4-16(15-21-17)23-10-12-25(13-11-23)20(27)18-3-2-14-28-18/h2-5,14-15H,6-13H2,1H3. The number of furan rings is 1. The average Bonchev–Trinajstić information content (AvgIpc) is 3.28. The Kier molecular flexibility index (Phi) is 5.29. The molecule has 2 aromatic rings. The number of rotatable bonds is 3. The maximum Gasteiger partial charge on any atom is 0.289 e. The first-order valence-electron chi connectivity index (χ1n) is 9.63. The van der Waals surface area contributed by atoms with Crippen molar-refractivity contribution in [2.75, 3.05) is 64.3 Å². The molecule has 0 unspecified atom stereocenters. The number of anilines is 1. The highest BCUT2D eigenvalue weighted by Gasteiger charge is 2.25. The summed E-state index contributed by atoms with van der Waals surface area (Å²) in [4.78, 5) is 37.4. The molecular weight excluding hydrogens is 358 g/mol. The molecule has 8 heteroatoms. The number of likely N-dealkylation sites (N-methyl/N-ethyl adjacent to an activating group) is 1. The normalized spacial score (nSPS) is 18.4. The lowest BCUT2D eigenvalue weighted by Crippen LogP contribution is -2.49. The molecule has 0 atom stereocenters. The fraction of sp³-hybridized carbons (Fsp3) is 0.450. The minimum absolute atomic E-state index is 0.00601. The molecule has 0 spiro atoms. The van der Waals surface area contributed by atoms with Crippen LogP contribution in [0.15, 0.2) is 41.1 Å². The molecule has 148 valence electrons. The van der Waals surface area contributed by atoms with Crippen molar-refractivity contribution in [2.24, 2.45) is 0 Å². The predicted octanol–water partition coefficient (Wildman–Crippen LogP) is 1.02. The number of pyridine rings is 1. The highest BCUT2D eigenvalue weighted by Crippen LogP contribution is 2.18. The van der Waals surface area contributed by atoms with E-state index in [1.165, 1.54) is 6.26 Å². The maximum atomic E-state index is 12.6. The summed E-state index contributed by atoms with van der Waals surface area (Å²) in [7, 11) is 2.07. The summed E-state index contributed by atoms with van der Waals surface area (Å²) in [6, 6.07) is 7.16. The van der Waals surface area contributed by atoms with Gasteiger partial charge in [0.1, 0.15) is 5.69 Å².